The zero-order valence-electron chi connectivity index (χ0n) is 86.1. The molecule has 3 heterocycles. The molecule has 714 valence electrons. The van der Waals surface area contributed by atoms with Crippen LogP contribution in [0.2, 0.25) is 0 Å². The van der Waals surface area contributed by atoms with Gasteiger partial charge in [0.1, 0.15) is 25.3 Å². The zero-order valence-corrected chi connectivity index (χ0v) is 86.1. The molecule has 7 nitrogen and oxygen atoms in total. The number of hydrogen-bond acceptors (Lipinski definition) is 7. The maximum atomic E-state index is 4.79. The van der Waals surface area contributed by atoms with Crippen molar-refractivity contribution >= 4 is 64.6 Å². The van der Waals surface area contributed by atoms with Crippen LogP contribution in [0.25, 0.3) is 232 Å². The smallest absolute Gasteiger partial charge is 0.163 e. The van der Waals surface area contributed by atoms with E-state index < -0.39 is 0 Å². The Hall–Kier alpha value is -17.7. The molecule has 0 saturated carbocycles. The molecule has 6 aliphatic rings. The number of fused-ring (bicyclic) bond motifs is 24. The van der Waals surface area contributed by atoms with E-state index in [1.54, 1.807) is 25.3 Å². The third kappa shape index (κ3) is 13.5. The Balaban J connectivity index is 0.000000108. The fourth-order valence-corrected chi connectivity index (χ4v) is 27.3. The average Bonchev–Trinajstić information content (AvgIpc) is 1.22. The molecule has 21 aromatic carbocycles. The second-order valence-corrected chi connectivity index (χ2v) is 44.9. The molecule has 0 radical (unpaired) electrons. The first-order chi connectivity index (χ1) is 73.0. The Kier molecular flexibility index (Phi) is 20.0. The Labute approximate surface area is 875 Å². The van der Waals surface area contributed by atoms with Crippen LogP contribution >= 0.6 is 0 Å². The highest BCUT2D eigenvalue weighted by Crippen LogP contribution is 2.60. The van der Waals surface area contributed by atoms with Gasteiger partial charge in [0.2, 0.25) is 0 Å². The standard InChI is InChI=1S/2C48H36N2.C47H35N3/c1-47(2)41-15-9-7-11-33(41)35-20-17-30(24-43(35)47)29-18-22-39-40(23-29)45(37-13-5-6-14-38(37)46(39)32-26-49-28-50-27-32)31-19-21-36-34-12-8-10-16-42(34)48(3,4)44(36)25-31;1-47(2)40-15-9-7-11-32(40)34-20-17-30(26-42(34)47)29-18-22-38-39(25-29)45(36-13-5-6-14-37(36)46(38)44-23-24-49-28-50-44)31-19-21-35-33-12-8-10-16-41(33)48(3,4)43(35)27-31;1-46(2)39-15-9-7-11-31(39)33-20-17-29(24-41(33)46)28-18-22-37-38(23-28)43(35-13-5-6-14-36(35)44(37)45-49-26-48-27-50-45)30-19-21-34-32-12-8-10-16-40(32)47(3,4)42(34)25-30/h2*5-28H,1-4H3;5-27H,1-4H3. The van der Waals surface area contributed by atoms with Gasteiger partial charge in [-0.15, -0.1) is 0 Å². The summed E-state index contributed by atoms with van der Waals surface area (Å²) in [5, 5.41) is 14.4. The summed E-state index contributed by atoms with van der Waals surface area (Å²) in [7, 11) is 0. The SMILES string of the molecule is CC1(C)c2ccccc2-c2ccc(-c3ccc4c(-c5ccncn5)c5ccccc5c(-c5ccc6c(c5)C(C)(C)c5ccccc5-6)c4c3)cc21.CC1(C)c2ccccc2-c2ccc(-c3ccc4c(-c5cncnc5)c5ccccc5c(-c5ccc6c(c5)C(C)(C)c5ccccc5-6)c4c3)cc21.CC1(C)c2ccccc2-c2ccc(-c3ccc4c(-c5ncncn5)c5ccccc5c(-c5ccc6c(c5)C(C)(C)c5ccccc5-6)c4c3)cc21. The van der Waals surface area contributed by atoms with Gasteiger partial charge in [0.25, 0.3) is 0 Å². The molecule has 0 aliphatic heterocycles. The lowest BCUT2D eigenvalue weighted by molar-refractivity contribution is 0.660. The van der Waals surface area contributed by atoms with Gasteiger partial charge in [-0.25, -0.2) is 34.9 Å². The second kappa shape index (κ2) is 33.4. The normalized spacial score (nSPS) is 14.7. The highest BCUT2D eigenvalue weighted by molar-refractivity contribution is 6.25. The van der Waals surface area contributed by atoms with Gasteiger partial charge in [0, 0.05) is 73.3 Å². The molecule has 150 heavy (non-hydrogen) atoms. The summed E-state index contributed by atoms with van der Waals surface area (Å²) in [6.45, 7) is 28.3. The number of aromatic nitrogens is 7. The predicted molar refractivity (Wildman–Crippen MR) is 623 cm³/mol. The minimum absolute atomic E-state index is 0.0601. The van der Waals surface area contributed by atoms with Crippen molar-refractivity contribution in [3.05, 3.63) is 499 Å². The predicted octanol–water partition coefficient (Wildman–Crippen LogP) is 36.6. The molecule has 0 atom stereocenters. The third-order valence-electron chi connectivity index (χ3n) is 34.8. The van der Waals surface area contributed by atoms with Crippen molar-refractivity contribution in [1.29, 1.82) is 0 Å². The minimum Gasteiger partial charge on any atom is -0.245 e. The van der Waals surface area contributed by atoms with Crippen LogP contribution < -0.4 is 0 Å². The first kappa shape index (κ1) is 89.9. The molecular weight excluding hydrogens is 1820 g/mol. The summed E-state index contributed by atoms with van der Waals surface area (Å²) >= 11 is 0. The van der Waals surface area contributed by atoms with Crippen molar-refractivity contribution in [1.82, 2.24) is 34.9 Å². The van der Waals surface area contributed by atoms with E-state index >= 15 is 0 Å². The van der Waals surface area contributed by atoms with Gasteiger partial charge >= 0.3 is 0 Å². The first-order valence-corrected chi connectivity index (χ1v) is 52.5. The highest BCUT2D eigenvalue weighted by atomic mass is 15.0. The molecular formula is C143H107N7. The summed E-state index contributed by atoms with van der Waals surface area (Å²) in [4.78, 5) is 31.4. The molecule has 3 aromatic heterocycles. The van der Waals surface area contributed by atoms with E-state index in [9.17, 15) is 0 Å². The Morgan fingerprint density at radius 3 is 0.667 bits per heavy atom. The molecule has 0 amide bonds. The van der Waals surface area contributed by atoms with E-state index in [2.05, 4.69) is 495 Å². The number of benzene rings is 21. The van der Waals surface area contributed by atoms with Gasteiger partial charge in [-0.2, -0.15) is 0 Å². The van der Waals surface area contributed by atoms with Gasteiger partial charge in [-0.1, -0.05) is 411 Å². The molecule has 7 heteroatoms. The lowest BCUT2D eigenvalue weighted by Crippen LogP contribution is -2.15. The number of rotatable bonds is 9. The van der Waals surface area contributed by atoms with Crippen LogP contribution in [0.1, 0.15) is 150 Å². The maximum absolute atomic E-state index is 4.79. The van der Waals surface area contributed by atoms with Crippen molar-refractivity contribution in [2.24, 2.45) is 0 Å². The Morgan fingerprint density at radius 1 is 0.147 bits per heavy atom. The topological polar surface area (TPSA) is 90.2 Å². The first-order valence-electron chi connectivity index (χ1n) is 52.5. The highest BCUT2D eigenvalue weighted by Gasteiger charge is 2.43. The Bertz CT molecular complexity index is 8990. The number of hydrogen-bond donors (Lipinski definition) is 0. The van der Waals surface area contributed by atoms with Crippen LogP contribution in [-0.4, -0.2) is 34.9 Å². The van der Waals surface area contributed by atoms with Crippen molar-refractivity contribution in [3.63, 3.8) is 0 Å². The van der Waals surface area contributed by atoms with Crippen LogP contribution in [0.4, 0.5) is 0 Å². The fraction of sp³-hybridized carbons (Fsp3) is 0.126. The van der Waals surface area contributed by atoms with Crippen LogP contribution in [0, 0.1) is 0 Å². The van der Waals surface area contributed by atoms with Gasteiger partial charge in [0.15, 0.2) is 5.82 Å². The second-order valence-electron chi connectivity index (χ2n) is 44.9. The summed E-state index contributed by atoms with van der Waals surface area (Å²) in [6.07, 6.45) is 12.2. The molecule has 6 aliphatic carbocycles. The molecule has 24 aromatic rings. The van der Waals surface area contributed by atoms with E-state index in [0.29, 0.717) is 5.82 Å². The molecule has 0 fully saturated rings. The van der Waals surface area contributed by atoms with Crippen LogP contribution in [0.15, 0.2) is 432 Å². The van der Waals surface area contributed by atoms with Crippen LogP contribution in [0.3, 0.4) is 0 Å². The van der Waals surface area contributed by atoms with E-state index in [0.717, 1.165) is 33.2 Å². The van der Waals surface area contributed by atoms with Gasteiger partial charge in [-0.3, -0.25) is 0 Å². The molecule has 0 bridgehead atoms. The van der Waals surface area contributed by atoms with E-state index in [-0.39, 0.29) is 32.5 Å². The lowest BCUT2D eigenvalue weighted by Gasteiger charge is -2.23. The monoisotopic (exact) mass is 1920 g/mol. The third-order valence-corrected chi connectivity index (χ3v) is 34.8. The summed E-state index contributed by atoms with van der Waals surface area (Å²) in [5.41, 5.74) is 52.3. The molecule has 0 unspecified atom stereocenters. The number of nitrogens with zero attached hydrogens (tertiary/aromatic N) is 7. The summed E-state index contributed by atoms with van der Waals surface area (Å²) < 4.78 is 0. The average molecular weight is 1920 g/mol. The summed E-state index contributed by atoms with van der Waals surface area (Å²) in [6, 6.07) is 145. The Morgan fingerprint density at radius 2 is 0.367 bits per heavy atom. The lowest BCUT2D eigenvalue weighted by atomic mass is 9.80. The zero-order chi connectivity index (χ0) is 101. The summed E-state index contributed by atoms with van der Waals surface area (Å²) in [5.74, 6) is 0.683. The largest absolute Gasteiger partial charge is 0.245 e. The molecule has 0 N–H and O–H groups in total. The molecule has 0 spiro atoms. The molecule has 0 saturated heterocycles. The van der Waals surface area contributed by atoms with Crippen LogP contribution in [0.5, 0.6) is 0 Å². The van der Waals surface area contributed by atoms with Crippen molar-refractivity contribution in [2.75, 3.05) is 0 Å². The van der Waals surface area contributed by atoms with Crippen LogP contribution in [-0.2, 0) is 32.5 Å². The van der Waals surface area contributed by atoms with Gasteiger partial charge in [0.05, 0.1) is 5.69 Å². The fourth-order valence-electron chi connectivity index (χ4n) is 27.3. The van der Waals surface area contributed by atoms with Gasteiger partial charge in [-0.05, 0) is 326 Å². The van der Waals surface area contributed by atoms with E-state index in [1.165, 1.54) is 260 Å². The van der Waals surface area contributed by atoms with E-state index in [4.69, 9.17) is 4.98 Å². The molecule has 30 rings (SSSR count). The van der Waals surface area contributed by atoms with Gasteiger partial charge < -0.3 is 0 Å². The maximum Gasteiger partial charge on any atom is 0.163 e. The van der Waals surface area contributed by atoms with Crippen molar-refractivity contribution in [2.45, 2.75) is 116 Å². The van der Waals surface area contributed by atoms with Crippen molar-refractivity contribution < 1.29 is 0 Å². The quantitative estimate of drug-likeness (QED) is 0.133. The van der Waals surface area contributed by atoms with E-state index in [1.807, 2.05) is 24.7 Å². The minimum atomic E-state index is -0.0989. The van der Waals surface area contributed by atoms with Crippen molar-refractivity contribution in [3.8, 4) is 167 Å².